The molecule has 11 heteroatoms. The van der Waals surface area contributed by atoms with Crippen molar-refractivity contribution >= 4 is 54.8 Å². The van der Waals surface area contributed by atoms with E-state index in [0.717, 1.165) is 24.0 Å². The predicted molar refractivity (Wildman–Crippen MR) is 139 cm³/mol. The number of anilines is 1. The number of aromatic nitrogens is 1. The van der Waals surface area contributed by atoms with Crippen LogP contribution < -0.4 is 14.4 Å². The van der Waals surface area contributed by atoms with Crippen LogP contribution in [0.15, 0.2) is 41.3 Å². The van der Waals surface area contributed by atoms with Crippen molar-refractivity contribution < 1.29 is 22.7 Å². The third-order valence-corrected chi connectivity index (χ3v) is 7.62. The number of rotatable bonds is 10. The smallest absolute Gasteiger partial charge is 0.260 e. The molecule has 34 heavy (non-hydrogen) atoms. The Bertz CT molecular complexity index is 1200. The highest BCUT2D eigenvalue weighted by molar-refractivity contribution is 7.90. The van der Waals surface area contributed by atoms with Gasteiger partial charge in [-0.2, -0.15) is 0 Å². The monoisotopic (exact) mass is 527 g/mol. The molecule has 0 unspecified atom stereocenters. The molecule has 0 saturated carbocycles. The molecule has 3 rings (SSSR count). The number of sulfone groups is 1. The van der Waals surface area contributed by atoms with Gasteiger partial charge in [0, 0.05) is 24.9 Å². The first-order chi connectivity index (χ1) is 15.7. The zero-order valence-electron chi connectivity index (χ0n) is 19.9. The fourth-order valence-electron chi connectivity index (χ4n) is 3.47. The van der Waals surface area contributed by atoms with Crippen LogP contribution in [-0.2, 0) is 9.84 Å². The van der Waals surface area contributed by atoms with Crippen molar-refractivity contribution in [3.05, 3.63) is 42.0 Å². The molecule has 1 heterocycles. The standard InChI is InChI=1S/C23H29N3O5S2.ClH/c1-6-25(7-2)13-14-26(22(27)16-9-8-10-17(15-16)33(5,28)29)23-24-20-18(30-3)11-12-19(31-4)21(20)32-23;/h8-12,15H,6-7,13-14H2,1-5H3;1H. The Balaban J connectivity index is 0.00000408. The molecule has 1 amide bonds. The number of carbonyl (C=O) groups excluding carboxylic acids is 1. The lowest BCUT2D eigenvalue weighted by molar-refractivity contribution is 0.0983. The molecule has 186 valence electrons. The lowest BCUT2D eigenvalue weighted by atomic mass is 10.2. The predicted octanol–water partition coefficient (Wildman–Crippen LogP) is 4.13. The van der Waals surface area contributed by atoms with Gasteiger partial charge in [-0.25, -0.2) is 13.4 Å². The molecule has 0 atom stereocenters. The summed E-state index contributed by atoms with van der Waals surface area (Å²) >= 11 is 1.34. The maximum Gasteiger partial charge on any atom is 0.260 e. The van der Waals surface area contributed by atoms with Crippen molar-refractivity contribution in [3.63, 3.8) is 0 Å². The summed E-state index contributed by atoms with van der Waals surface area (Å²) in [4.78, 5) is 22.2. The van der Waals surface area contributed by atoms with Gasteiger partial charge in [-0.1, -0.05) is 31.3 Å². The van der Waals surface area contributed by atoms with Crippen LogP contribution >= 0.6 is 23.7 Å². The number of nitrogens with zero attached hydrogens (tertiary/aromatic N) is 3. The molecule has 2 aromatic carbocycles. The molecular formula is C23H30ClN3O5S2. The normalized spacial score (nSPS) is 11.4. The van der Waals surface area contributed by atoms with Gasteiger partial charge in [0.25, 0.3) is 5.91 Å². The first kappa shape index (κ1) is 27.8. The zero-order chi connectivity index (χ0) is 24.2. The maximum atomic E-state index is 13.6. The minimum atomic E-state index is -3.45. The number of likely N-dealkylation sites (N-methyl/N-ethyl adjacent to an activating group) is 1. The first-order valence-corrected chi connectivity index (χ1v) is 13.3. The summed E-state index contributed by atoms with van der Waals surface area (Å²) in [5.41, 5.74) is 0.901. The second kappa shape index (κ2) is 11.8. The van der Waals surface area contributed by atoms with Crippen LogP contribution in [-0.4, -0.2) is 70.9 Å². The van der Waals surface area contributed by atoms with Crippen molar-refractivity contribution in [2.24, 2.45) is 0 Å². The van der Waals surface area contributed by atoms with Crippen LogP contribution in [0.2, 0.25) is 0 Å². The third-order valence-electron chi connectivity index (χ3n) is 5.42. The Morgan fingerprint density at radius 3 is 2.26 bits per heavy atom. The maximum absolute atomic E-state index is 13.6. The summed E-state index contributed by atoms with van der Waals surface area (Å²) in [6.07, 6.45) is 1.13. The molecule has 0 fully saturated rings. The molecule has 0 aliphatic rings. The van der Waals surface area contributed by atoms with Crippen LogP contribution in [0, 0.1) is 0 Å². The Hall–Kier alpha value is -2.40. The molecule has 3 aromatic rings. The van der Waals surface area contributed by atoms with E-state index in [4.69, 9.17) is 14.5 Å². The molecule has 0 radical (unpaired) electrons. The van der Waals surface area contributed by atoms with Gasteiger partial charge in [-0.15, -0.1) is 12.4 Å². The van der Waals surface area contributed by atoms with E-state index in [9.17, 15) is 13.2 Å². The minimum absolute atomic E-state index is 0. The van der Waals surface area contributed by atoms with Gasteiger partial charge in [-0.05, 0) is 43.4 Å². The highest BCUT2D eigenvalue weighted by atomic mass is 35.5. The molecule has 0 N–H and O–H groups in total. The topological polar surface area (TPSA) is 89.0 Å². The first-order valence-electron chi connectivity index (χ1n) is 10.6. The zero-order valence-corrected chi connectivity index (χ0v) is 22.3. The van der Waals surface area contributed by atoms with E-state index < -0.39 is 9.84 Å². The van der Waals surface area contributed by atoms with Gasteiger partial charge >= 0.3 is 0 Å². The summed E-state index contributed by atoms with van der Waals surface area (Å²) in [7, 11) is -0.293. The van der Waals surface area contributed by atoms with Gasteiger partial charge in [0.05, 0.1) is 19.1 Å². The van der Waals surface area contributed by atoms with Crippen molar-refractivity contribution in [2.75, 3.05) is 51.6 Å². The summed E-state index contributed by atoms with van der Waals surface area (Å²) in [6.45, 7) is 6.88. The van der Waals surface area contributed by atoms with Crippen molar-refractivity contribution in [1.29, 1.82) is 0 Å². The number of methoxy groups -OCH3 is 2. The van der Waals surface area contributed by atoms with E-state index in [1.165, 1.54) is 23.5 Å². The average Bonchev–Trinajstić information content (AvgIpc) is 3.25. The minimum Gasteiger partial charge on any atom is -0.495 e. The highest BCUT2D eigenvalue weighted by Gasteiger charge is 2.25. The summed E-state index contributed by atoms with van der Waals surface area (Å²) in [6, 6.07) is 9.69. The lowest BCUT2D eigenvalue weighted by Crippen LogP contribution is -2.38. The van der Waals surface area contributed by atoms with Gasteiger partial charge in [0.1, 0.15) is 21.7 Å². The van der Waals surface area contributed by atoms with Gasteiger partial charge in [0.2, 0.25) is 0 Å². The fraction of sp³-hybridized carbons (Fsp3) is 0.391. The number of amides is 1. The summed E-state index contributed by atoms with van der Waals surface area (Å²) < 4.78 is 35.8. The molecule has 0 bridgehead atoms. The van der Waals surface area contributed by atoms with E-state index >= 15 is 0 Å². The quantitative estimate of drug-likeness (QED) is 0.391. The van der Waals surface area contributed by atoms with Crippen molar-refractivity contribution in [2.45, 2.75) is 18.7 Å². The molecule has 0 aliphatic heterocycles. The van der Waals surface area contributed by atoms with Gasteiger partial charge < -0.3 is 14.4 Å². The van der Waals surface area contributed by atoms with E-state index in [0.29, 0.717) is 35.2 Å². The van der Waals surface area contributed by atoms with E-state index in [1.807, 2.05) is 0 Å². The number of thiazole rings is 1. The number of carbonyl (C=O) groups is 1. The Morgan fingerprint density at radius 2 is 1.68 bits per heavy atom. The largest absolute Gasteiger partial charge is 0.495 e. The number of benzene rings is 2. The number of fused-ring (bicyclic) bond motifs is 1. The van der Waals surface area contributed by atoms with E-state index in [1.54, 1.807) is 43.4 Å². The number of ether oxygens (including phenoxy) is 2. The van der Waals surface area contributed by atoms with E-state index in [2.05, 4.69) is 18.7 Å². The van der Waals surface area contributed by atoms with Crippen LogP contribution in [0.3, 0.4) is 0 Å². The highest BCUT2D eigenvalue weighted by Crippen LogP contribution is 2.40. The molecule has 8 nitrogen and oxygen atoms in total. The summed E-state index contributed by atoms with van der Waals surface area (Å²) in [5, 5.41) is 0.495. The second-order valence-electron chi connectivity index (χ2n) is 7.43. The fourth-order valence-corrected chi connectivity index (χ4v) is 5.24. The second-order valence-corrected chi connectivity index (χ2v) is 10.4. The Kier molecular flexibility index (Phi) is 9.69. The van der Waals surface area contributed by atoms with Crippen molar-refractivity contribution in [1.82, 2.24) is 9.88 Å². The SMILES string of the molecule is CCN(CC)CCN(C(=O)c1cccc(S(C)(=O)=O)c1)c1nc2c(OC)ccc(OC)c2s1.Cl. The van der Waals surface area contributed by atoms with Gasteiger partial charge in [-0.3, -0.25) is 9.69 Å². The average molecular weight is 528 g/mol. The third kappa shape index (κ3) is 5.99. The molecule has 1 aromatic heterocycles. The Morgan fingerprint density at radius 1 is 1.03 bits per heavy atom. The van der Waals surface area contributed by atoms with Crippen molar-refractivity contribution in [3.8, 4) is 11.5 Å². The summed E-state index contributed by atoms with van der Waals surface area (Å²) in [5.74, 6) is 0.915. The number of halogens is 1. The van der Waals surface area contributed by atoms with Crippen LogP contribution in [0.1, 0.15) is 24.2 Å². The molecule has 0 spiro atoms. The van der Waals surface area contributed by atoms with Gasteiger partial charge in [0.15, 0.2) is 15.0 Å². The van der Waals surface area contributed by atoms with Crippen LogP contribution in [0.5, 0.6) is 11.5 Å². The van der Waals surface area contributed by atoms with Crippen LogP contribution in [0.4, 0.5) is 5.13 Å². The number of hydrogen-bond acceptors (Lipinski definition) is 8. The van der Waals surface area contributed by atoms with E-state index in [-0.39, 0.29) is 28.8 Å². The molecule has 0 aliphatic carbocycles. The van der Waals surface area contributed by atoms with Crippen LogP contribution in [0.25, 0.3) is 10.2 Å². The lowest BCUT2D eigenvalue weighted by Gasteiger charge is -2.25. The molecular weight excluding hydrogens is 498 g/mol. The Labute approximate surface area is 210 Å². The number of hydrogen-bond donors (Lipinski definition) is 0. The molecule has 0 saturated heterocycles.